The normalized spacial score (nSPS) is 11.8. The van der Waals surface area contributed by atoms with E-state index in [1.807, 2.05) is 42.5 Å². The number of aromatic nitrogens is 3. The van der Waals surface area contributed by atoms with Gasteiger partial charge in [-0.2, -0.15) is 0 Å². The van der Waals surface area contributed by atoms with Gasteiger partial charge in [-0.15, -0.1) is 11.3 Å². The van der Waals surface area contributed by atoms with Crippen LogP contribution in [0.15, 0.2) is 55.0 Å². The quantitative estimate of drug-likeness (QED) is 0.676. The largest absolute Gasteiger partial charge is 0.261 e. The summed E-state index contributed by atoms with van der Waals surface area (Å²) in [5, 5.41) is 1.00. The number of hydrogen-bond acceptors (Lipinski definition) is 4. The van der Waals surface area contributed by atoms with Crippen molar-refractivity contribution < 1.29 is 0 Å². The molecule has 0 aliphatic rings. The molecule has 0 bridgehead atoms. The summed E-state index contributed by atoms with van der Waals surface area (Å²) in [5.41, 5.74) is 1.89. The molecule has 0 unspecified atom stereocenters. The van der Waals surface area contributed by atoms with Crippen LogP contribution in [-0.2, 0) is 0 Å². The standard InChI is InChI=1S/C15H11N3S/c1(5-12-11-16-9-10-17-12)4-8-15-18-13-6-2-3-7-14(13)19-15/h1-11H/b5-1+,8-4+. The summed E-state index contributed by atoms with van der Waals surface area (Å²) in [6.45, 7) is 0. The number of para-hydroxylation sites is 1. The molecule has 19 heavy (non-hydrogen) atoms. The van der Waals surface area contributed by atoms with Gasteiger partial charge in [0.2, 0.25) is 0 Å². The molecule has 0 amide bonds. The van der Waals surface area contributed by atoms with Gasteiger partial charge < -0.3 is 0 Å². The van der Waals surface area contributed by atoms with Crippen LogP contribution in [0.25, 0.3) is 22.4 Å². The first kappa shape index (κ1) is 11.7. The van der Waals surface area contributed by atoms with E-state index in [2.05, 4.69) is 21.0 Å². The fraction of sp³-hybridized carbons (Fsp3) is 0. The third kappa shape index (κ3) is 2.92. The number of nitrogens with zero attached hydrogens (tertiary/aromatic N) is 3. The van der Waals surface area contributed by atoms with Gasteiger partial charge in [0, 0.05) is 12.4 Å². The molecule has 4 heteroatoms. The second-order valence-electron chi connectivity index (χ2n) is 3.87. The molecule has 0 saturated carbocycles. The molecule has 3 nitrogen and oxygen atoms in total. The lowest BCUT2D eigenvalue weighted by molar-refractivity contribution is 1.18. The first-order valence-corrected chi connectivity index (χ1v) is 6.70. The average Bonchev–Trinajstić information content (AvgIpc) is 2.87. The Morgan fingerprint density at radius 2 is 1.89 bits per heavy atom. The van der Waals surface area contributed by atoms with E-state index in [4.69, 9.17) is 0 Å². The molecular weight excluding hydrogens is 254 g/mol. The SMILES string of the molecule is C(/C=C/c1nc2ccccc2s1)=C\c1cnccn1. The van der Waals surface area contributed by atoms with Crippen molar-refractivity contribution in [3.63, 3.8) is 0 Å². The molecule has 0 saturated heterocycles. The van der Waals surface area contributed by atoms with Crippen LogP contribution in [0.1, 0.15) is 10.7 Å². The summed E-state index contributed by atoms with van der Waals surface area (Å²) in [6, 6.07) is 8.14. The Kier molecular flexibility index (Phi) is 3.42. The van der Waals surface area contributed by atoms with Gasteiger partial charge in [-0.25, -0.2) is 4.98 Å². The van der Waals surface area contributed by atoms with Crippen LogP contribution in [0.5, 0.6) is 0 Å². The number of rotatable bonds is 3. The van der Waals surface area contributed by atoms with E-state index in [9.17, 15) is 0 Å². The molecule has 0 spiro atoms. The second-order valence-corrected chi connectivity index (χ2v) is 4.93. The van der Waals surface area contributed by atoms with E-state index < -0.39 is 0 Å². The molecule has 0 N–H and O–H groups in total. The van der Waals surface area contributed by atoms with Crippen LogP contribution in [-0.4, -0.2) is 15.0 Å². The Balaban J connectivity index is 1.74. The Labute approximate surface area is 115 Å². The molecule has 2 aromatic heterocycles. The van der Waals surface area contributed by atoms with E-state index in [0.717, 1.165) is 16.2 Å². The number of thiazole rings is 1. The fourth-order valence-electron chi connectivity index (χ4n) is 1.65. The molecule has 92 valence electrons. The first-order valence-electron chi connectivity index (χ1n) is 5.88. The highest BCUT2D eigenvalue weighted by Gasteiger charge is 1.98. The van der Waals surface area contributed by atoms with E-state index in [1.54, 1.807) is 29.9 Å². The van der Waals surface area contributed by atoms with E-state index in [1.165, 1.54) is 4.70 Å². The smallest absolute Gasteiger partial charge is 0.117 e. The average molecular weight is 265 g/mol. The minimum atomic E-state index is 0.844. The lowest BCUT2D eigenvalue weighted by Crippen LogP contribution is -1.79. The highest BCUT2D eigenvalue weighted by atomic mass is 32.1. The van der Waals surface area contributed by atoms with Crippen LogP contribution in [0.2, 0.25) is 0 Å². The number of hydrogen-bond donors (Lipinski definition) is 0. The predicted molar refractivity (Wildman–Crippen MR) is 79.7 cm³/mol. The third-order valence-corrected chi connectivity index (χ3v) is 3.51. The molecule has 3 aromatic rings. The maximum absolute atomic E-state index is 4.53. The third-order valence-electron chi connectivity index (χ3n) is 2.51. The Morgan fingerprint density at radius 3 is 2.74 bits per heavy atom. The van der Waals surface area contributed by atoms with Crippen LogP contribution < -0.4 is 0 Å². The number of allylic oxidation sites excluding steroid dienone is 2. The van der Waals surface area contributed by atoms with Crippen molar-refractivity contribution in [2.45, 2.75) is 0 Å². The molecule has 0 aliphatic heterocycles. The maximum Gasteiger partial charge on any atom is 0.117 e. The van der Waals surface area contributed by atoms with Crippen molar-refractivity contribution in [3.05, 3.63) is 65.7 Å². The topological polar surface area (TPSA) is 38.7 Å². The Morgan fingerprint density at radius 1 is 1.00 bits per heavy atom. The number of fused-ring (bicyclic) bond motifs is 1. The lowest BCUT2D eigenvalue weighted by Gasteiger charge is -1.86. The van der Waals surface area contributed by atoms with Gasteiger partial charge in [0.1, 0.15) is 5.01 Å². The summed E-state index contributed by atoms with van der Waals surface area (Å²) < 4.78 is 1.21. The highest BCUT2D eigenvalue weighted by molar-refractivity contribution is 7.19. The molecule has 0 atom stereocenters. The van der Waals surface area contributed by atoms with Gasteiger partial charge in [0.05, 0.1) is 22.1 Å². The molecular formula is C15H11N3S. The van der Waals surface area contributed by atoms with Gasteiger partial charge in [0.25, 0.3) is 0 Å². The van der Waals surface area contributed by atoms with Crippen molar-refractivity contribution in [1.29, 1.82) is 0 Å². The minimum Gasteiger partial charge on any atom is -0.261 e. The number of benzene rings is 1. The van der Waals surface area contributed by atoms with Crippen molar-refractivity contribution in [2.24, 2.45) is 0 Å². The van der Waals surface area contributed by atoms with Crippen LogP contribution in [0.3, 0.4) is 0 Å². The second kappa shape index (κ2) is 5.54. The zero-order chi connectivity index (χ0) is 12.9. The van der Waals surface area contributed by atoms with E-state index in [0.29, 0.717) is 0 Å². The fourth-order valence-corrected chi connectivity index (χ4v) is 2.53. The summed E-state index contributed by atoms with van der Waals surface area (Å²) in [4.78, 5) is 12.7. The Hall–Kier alpha value is -2.33. The van der Waals surface area contributed by atoms with Crippen molar-refractivity contribution in [3.8, 4) is 0 Å². The monoisotopic (exact) mass is 265 g/mol. The first-order chi connectivity index (χ1) is 9.42. The van der Waals surface area contributed by atoms with Gasteiger partial charge in [-0.05, 0) is 24.3 Å². The van der Waals surface area contributed by atoms with Crippen LogP contribution >= 0.6 is 11.3 Å². The zero-order valence-electron chi connectivity index (χ0n) is 10.1. The molecule has 0 radical (unpaired) electrons. The highest BCUT2D eigenvalue weighted by Crippen LogP contribution is 2.22. The van der Waals surface area contributed by atoms with Crippen molar-refractivity contribution in [2.75, 3.05) is 0 Å². The lowest BCUT2D eigenvalue weighted by atomic mass is 10.3. The zero-order valence-corrected chi connectivity index (χ0v) is 10.9. The summed E-state index contributed by atoms with van der Waals surface area (Å²) >= 11 is 1.68. The van der Waals surface area contributed by atoms with Crippen molar-refractivity contribution in [1.82, 2.24) is 15.0 Å². The molecule has 2 heterocycles. The molecule has 1 aromatic carbocycles. The molecule has 0 fully saturated rings. The van der Waals surface area contributed by atoms with Crippen molar-refractivity contribution >= 4 is 33.7 Å². The van der Waals surface area contributed by atoms with Gasteiger partial charge in [-0.1, -0.05) is 24.3 Å². The van der Waals surface area contributed by atoms with Gasteiger partial charge in [-0.3, -0.25) is 9.97 Å². The van der Waals surface area contributed by atoms with E-state index >= 15 is 0 Å². The Bertz CT molecular complexity index is 696. The maximum atomic E-state index is 4.53. The predicted octanol–water partition coefficient (Wildman–Crippen LogP) is 3.81. The summed E-state index contributed by atoms with van der Waals surface area (Å²) in [7, 11) is 0. The summed E-state index contributed by atoms with van der Waals surface area (Å²) in [5.74, 6) is 0. The molecule has 0 aliphatic carbocycles. The van der Waals surface area contributed by atoms with E-state index in [-0.39, 0.29) is 0 Å². The van der Waals surface area contributed by atoms with Crippen LogP contribution in [0.4, 0.5) is 0 Å². The van der Waals surface area contributed by atoms with Crippen LogP contribution in [0, 0.1) is 0 Å². The summed E-state index contributed by atoms with van der Waals surface area (Å²) in [6.07, 6.45) is 12.9. The van der Waals surface area contributed by atoms with Gasteiger partial charge in [0.15, 0.2) is 0 Å². The minimum absolute atomic E-state index is 0.844. The van der Waals surface area contributed by atoms with Gasteiger partial charge >= 0.3 is 0 Å². The molecule has 3 rings (SSSR count).